The van der Waals surface area contributed by atoms with Gasteiger partial charge in [-0.05, 0) is 18.2 Å². The fraction of sp³-hybridized carbons (Fsp3) is 0.182. The molecule has 0 aliphatic heterocycles. The lowest BCUT2D eigenvalue weighted by Crippen LogP contribution is -2.13. The predicted octanol–water partition coefficient (Wildman–Crippen LogP) is 3.10. The first kappa shape index (κ1) is 14.0. The molecular formula is C11H9F4NO2. The fourth-order valence-corrected chi connectivity index (χ4v) is 1.12. The molecule has 1 N–H and O–H groups in total. The van der Waals surface area contributed by atoms with Gasteiger partial charge in [-0.2, -0.15) is 17.6 Å². The van der Waals surface area contributed by atoms with Gasteiger partial charge >= 0.3 is 6.18 Å². The van der Waals surface area contributed by atoms with Crippen LogP contribution in [-0.2, 0) is 15.7 Å². The average molecular weight is 263 g/mol. The maximum absolute atomic E-state index is 12.9. The van der Waals surface area contributed by atoms with Crippen molar-refractivity contribution in [3.05, 3.63) is 41.9 Å². The van der Waals surface area contributed by atoms with E-state index < -0.39 is 23.5 Å². The number of hydrogen-bond acceptors (Lipinski definition) is 2. The zero-order chi connectivity index (χ0) is 13.8. The van der Waals surface area contributed by atoms with Crippen LogP contribution >= 0.6 is 0 Å². The third-order valence-electron chi connectivity index (χ3n) is 1.89. The van der Waals surface area contributed by atoms with Crippen molar-refractivity contribution >= 4 is 11.6 Å². The number of benzene rings is 1. The number of anilines is 1. The van der Waals surface area contributed by atoms with Crippen molar-refractivity contribution in [1.29, 1.82) is 0 Å². The quantitative estimate of drug-likeness (QED) is 0.517. The molecule has 0 atom stereocenters. The molecule has 3 nitrogen and oxygen atoms in total. The zero-order valence-corrected chi connectivity index (χ0v) is 9.22. The van der Waals surface area contributed by atoms with E-state index in [1.807, 2.05) is 5.32 Å². The second-order valence-electron chi connectivity index (χ2n) is 3.23. The van der Waals surface area contributed by atoms with Crippen molar-refractivity contribution in [2.45, 2.75) is 6.18 Å². The van der Waals surface area contributed by atoms with Gasteiger partial charge in [-0.25, -0.2) is 0 Å². The minimum atomic E-state index is -4.53. The van der Waals surface area contributed by atoms with Gasteiger partial charge in [0.2, 0.25) is 5.83 Å². The SMILES string of the molecule is CO/C=C(/F)C(=O)Nc1cccc(C(F)(F)F)c1. The molecule has 0 unspecified atom stereocenters. The molecule has 0 saturated carbocycles. The topological polar surface area (TPSA) is 38.3 Å². The number of amides is 1. The van der Waals surface area contributed by atoms with E-state index in [1.165, 1.54) is 6.07 Å². The highest BCUT2D eigenvalue weighted by Crippen LogP contribution is 2.30. The van der Waals surface area contributed by atoms with E-state index in [0.29, 0.717) is 12.3 Å². The molecule has 18 heavy (non-hydrogen) atoms. The van der Waals surface area contributed by atoms with E-state index in [0.717, 1.165) is 19.2 Å². The van der Waals surface area contributed by atoms with Gasteiger partial charge in [0.25, 0.3) is 5.91 Å². The third-order valence-corrected chi connectivity index (χ3v) is 1.89. The van der Waals surface area contributed by atoms with Crippen LogP contribution in [0.15, 0.2) is 36.4 Å². The molecule has 1 rings (SSSR count). The van der Waals surface area contributed by atoms with E-state index >= 15 is 0 Å². The molecule has 0 bridgehead atoms. The highest BCUT2D eigenvalue weighted by atomic mass is 19.4. The van der Waals surface area contributed by atoms with Crippen molar-refractivity contribution in [2.75, 3.05) is 12.4 Å². The Hall–Kier alpha value is -2.05. The molecule has 0 radical (unpaired) electrons. The second kappa shape index (κ2) is 5.52. The Morgan fingerprint density at radius 2 is 2.06 bits per heavy atom. The predicted molar refractivity (Wildman–Crippen MR) is 56.3 cm³/mol. The van der Waals surface area contributed by atoms with Crippen LogP contribution < -0.4 is 5.32 Å². The maximum atomic E-state index is 12.9. The summed E-state index contributed by atoms with van der Waals surface area (Å²) in [6.07, 6.45) is -3.98. The normalized spacial score (nSPS) is 12.2. The highest BCUT2D eigenvalue weighted by molar-refractivity contribution is 6.01. The largest absolute Gasteiger partial charge is 0.501 e. The summed E-state index contributed by atoms with van der Waals surface area (Å²) in [7, 11) is 1.14. The van der Waals surface area contributed by atoms with Gasteiger partial charge in [0.1, 0.15) is 6.26 Å². The number of carbonyl (C=O) groups excluding carboxylic acids is 1. The molecule has 0 fully saturated rings. The van der Waals surface area contributed by atoms with Gasteiger partial charge in [0.15, 0.2) is 0 Å². The smallest absolute Gasteiger partial charge is 0.416 e. The summed E-state index contributed by atoms with van der Waals surface area (Å²) in [6.45, 7) is 0. The molecule has 0 heterocycles. The van der Waals surface area contributed by atoms with Crippen LogP contribution in [0.5, 0.6) is 0 Å². The number of ether oxygens (including phenoxy) is 1. The summed E-state index contributed by atoms with van der Waals surface area (Å²) >= 11 is 0. The lowest BCUT2D eigenvalue weighted by molar-refractivity contribution is -0.137. The molecule has 1 aromatic carbocycles. The first-order chi connectivity index (χ1) is 8.34. The average Bonchev–Trinajstić information content (AvgIpc) is 2.28. The molecule has 0 saturated heterocycles. The van der Waals surface area contributed by atoms with Gasteiger partial charge in [0, 0.05) is 5.69 Å². The number of rotatable bonds is 3. The number of halogens is 4. The van der Waals surface area contributed by atoms with Crippen LogP contribution in [0.1, 0.15) is 5.56 Å². The molecule has 0 aliphatic rings. The fourth-order valence-electron chi connectivity index (χ4n) is 1.12. The van der Waals surface area contributed by atoms with Crippen molar-refractivity contribution in [3.8, 4) is 0 Å². The zero-order valence-electron chi connectivity index (χ0n) is 9.22. The number of hydrogen-bond donors (Lipinski definition) is 1. The summed E-state index contributed by atoms with van der Waals surface area (Å²) in [6, 6.07) is 3.87. The molecular weight excluding hydrogens is 254 g/mol. The van der Waals surface area contributed by atoms with Crippen molar-refractivity contribution in [1.82, 2.24) is 0 Å². The Labute approximate surface area is 100 Å². The van der Waals surface area contributed by atoms with E-state index in [4.69, 9.17) is 0 Å². The second-order valence-corrected chi connectivity index (χ2v) is 3.23. The highest BCUT2D eigenvalue weighted by Gasteiger charge is 2.30. The summed E-state index contributed by atoms with van der Waals surface area (Å²) in [5.74, 6) is -2.42. The number of alkyl halides is 3. The van der Waals surface area contributed by atoms with Crippen molar-refractivity contribution in [3.63, 3.8) is 0 Å². The summed E-state index contributed by atoms with van der Waals surface area (Å²) in [4.78, 5) is 11.1. The standard InChI is InChI=1S/C11H9F4NO2/c1-18-6-9(12)10(17)16-8-4-2-3-7(5-8)11(13,14)15/h2-6H,1H3,(H,16,17)/b9-6+. The van der Waals surface area contributed by atoms with Crippen LogP contribution in [0.25, 0.3) is 0 Å². The van der Waals surface area contributed by atoms with Crippen molar-refractivity contribution < 1.29 is 27.1 Å². The molecule has 7 heteroatoms. The minimum absolute atomic E-state index is 0.158. The van der Waals surface area contributed by atoms with E-state index in [-0.39, 0.29) is 5.69 Å². The molecule has 0 aromatic heterocycles. The summed E-state index contributed by atoms with van der Waals surface area (Å²) in [5.41, 5.74) is -1.09. The van der Waals surface area contributed by atoms with Crippen molar-refractivity contribution in [2.24, 2.45) is 0 Å². The summed E-state index contributed by atoms with van der Waals surface area (Å²) < 4.78 is 54.3. The van der Waals surface area contributed by atoms with Gasteiger partial charge in [-0.3, -0.25) is 4.79 Å². The number of carbonyl (C=O) groups is 1. The van der Waals surface area contributed by atoms with Gasteiger partial charge in [0.05, 0.1) is 12.7 Å². The molecule has 1 aromatic rings. The Morgan fingerprint density at radius 3 is 2.61 bits per heavy atom. The lowest BCUT2D eigenvalue weighted by Gasteiger charge is -2.09. The van der Waals surface area contributed by atoms with E-state index in [9.17, 15) is 22.4 Å². The number of methoxy groups -OCH3 is 1. The summed E-state index contributed by atoms with van der Waals surface area (Å²) in [5, 5.41) is 1.98. The Bertz CT molecular complexity index is 468. The Balaban J connectivity index is 2.87. The van der Waals surface area contributed by atoms with Crippen LogP contribution in [0.3, 0.4) is 0 Å². The molecule has 1 amide bonds. The van der Waals surface area contributed by atoms with Gasteiger partial charge < -0.3 is 10.1 Å². The van der Waals surface area contributed by atoms with Crippen LogP contribution in [-0.4, -0.2) is 13.0 Å². The van der Waals surface area contributed by atoms with Gasteiger partial charge in [-0.15, -0.1) is 0 Å². The van der Waals surface area contributed by atoms with Crippen LogP contribution in [0.4, 0.5) is 23.2 Å². The van der Waals surface area contributed by atoms with E-state index in [1.54, 1.807) is 0 Å². The monoisotopic (exact) mass is 263 g/mol. The van der Waals surface area contributed by atoms with Crippen LogP contribution in [0.2, 0.25) is 0 Å². The molecule has 0 spiro atoms. The number of nitrogens with one attached hydrogen (secondary N) is 1. The first-order valence-electron chi connectivity index (χ1n) is 4.71. The Morgan fingerprint density at radius 1 is 1.39 bits per heavy atom. The maximum Gasteiger partial charge on any atom is 0.416 e. The third kappa shape index (κ3) is 3.76. The van der Waals surface area contributed by atoms with Gasteiger partial charge in [-0.1, -0.05) is 6.07 Å². The first-order valence-corrected chi connectivity index (χ1v) is 4.71. The van der Waals surface area contributed by atoms with Crippen LogP contribution in [0, 0.1) is 0 Å². The molecule has 0 aliphatic carbocycles. The Kier molecular flexibility index (Phi) is 4.30. The lowest BCUT2D eigenvalue weighted by atomic mass is 10.2. The minimum Gasteiger partial charge on any atom is -0.501 e. The molecule has 98 valence electrons. The van der Waals surface area contributed by atoms with E-state index in [2.05, 4.69) is 4.74 Å².